The molecule has 0 radical (unpaired) electrons. The van der Waals surface area contributed by atoms with Gasteiger partial charge >= 0.3 is 0 Å². The van der Waals surface area contributed by atoms with Crippen molar-refractivity contribution in [3.05, 3.63) is 82.7 Å². The van der Waals surface area contributed by atoms with E-state index in [0.29, 0.717) is 43.9 Å². The van der Waals surface area contributed by atoms with Gasteiger partial charge in [0.05, 0.1) is 12.5 Å². The second-order valence-electron chi connectivity index (χ2n) is 9.63. The van der Waals surface area contributed by atoms with E-state index in [4.69, 9.17) is 0 Å². The van der Waals surface area contributed by atoms with Crippen LogP contribution in [-0.2, 0) is 24.8 Å². The third kappa shape index (κ3) is 4.63. The summed E-state index contributed by atoms with van der Waals surface area (Å²) < 4.78 is 1.77. The summed E-state index contributed by atoms with van der Waals surface area (Å²) in [6.45, 7) is 3.81. The number of piperidine rings is 1. The monoisotopic (exact) mass is 485 g/mol. The molecule has 1 saturated heterocycles. The maximum atomic E-state index is 13.6. The molecule has 0 aliphatic carbocycles. The Morgan fingerprint density at radius 2 is 1.69 bits per heavy atom. The highest BCUT2D eigenvalue weighted by atomic mass is 16.2. The van der Waals surface area contributed by atoms with Gasteiger partial charge in [-0.2, -0.15) is 5.10 Å². The fourth-order valence-electron chi connectivity index (χ4n) is 5.21. The summed E-state index contributed by atoms with van der Waals surface area (Å²) in [5, 5.41) is 7.54. The Hall–Kier alpha value is -3.94. The van der Waals surface area contributed by atoms with E-state index in [9.17, 15) is 14.4 Å². The highest BCUT2D eigenvalue weighted by Gasteiger charge is 2.34. The van der Waals surface area contributed by atoms with Crippen LogP contribution in [0.3, 0.4) is 0 Å². The predicted molar refractivity (Wildman–Crippen MR) is 137 cm³/mol. The van der Waals surface area contributed by atoms with Crippen molar-refractivity contribution in [1.29, 1.82) is 0 Å². The summed E-state index contributed by atoms with van der Waals surface area (Å²) in [4.78, 5) is 43.3. The number of amides is 3. The van der Waals surface area contributed by atoms with Crippen LogP contribution in [0, 0.1) is 12.8 Å². The summed E-state index contributed by atoms with van der Waals surface area (Å²) >= 11 is 0. The molecular weight excluding hydrogens is 454 g/mol. The van der Waals surface area contributed by atoms with Gasteiger partial charge < -0.3 is 15.1 Å². The van der Waals surface area contributed by atoms with Crippen molar-refractivity contribution in [2.24, 2.45) is 13.0 Å². The van der Waals surface area contributed by atoms with Gasteiger partial charge in [-0.3, -0.25) is 19.1 Å². The molecule has 2 aromatic carbocycles. The van der Waals surface area contributed by atoms with Crippen LogP contribution in [0.15, 0.2) is 54.6 Å². The number of benzene rings is 2. The zero-order valence-corrected chi connectivity index (χ0v) is 20.7. The van der Waals surface area contributed by atoms with Crippen LogP contribution >= 0.6 is 0 Å². The summed E-state index contributed by atoms with van der Waals surface area (Å²) in [5.74, 6) is -0.552. The van der Waals surface area contributed by atoms with Crippen molar-refractivity contribution in [2.45, 2.75) is 32.7 Å². The molecule has 0 saturated carbocycles. The van der Waals surface area contributed by atoms with E-state index >= 15 is 0 Å². The van der Waals surface area contributed by atoms with Crippen LogP contribution in [0.5, 0.6) is 0 Å². The first kappa shape index (κ1) is 23.8. The molecule has 8 nitrogen and oxygen atoms in total. The minimum atomic E-state index is -0.276. The molecule has 2 aliphatic heterocycles. The van der Waals surface area contributed by atoms with Crippen molar-refractivity contribution in [1.82, 2.24) is 19.6 Å². The number of hydrogen-bond donors (Lipinski definition) is 1. The Morgan fingerprint density at radius 1 is 0.944 bits per heavy atom. The lowest BCUT2D eigenvalue weighted by molar-refractivity contribution is -0.121. The molecule has 5 rings (SSSR count). The minimum Gasteiger partial charge on any atom is -0.336 e. The van der Waals surface area contributed by atoms with Crippen molar-refractivity contribution in [2.75, 3.05) is 25.0 Å². The molecule has 3 heterocycles. The highest BCUT2D eigenvalue weighted by Crippen LogP contribution is 2.27. The smallest absolute Gasteiger partial charge is 0.274 e. The first-order valence-corrected chi connectivity index (χ1v) is 12.5. The maximum Gasteiger partial charge on any atom is 0.274 e. The Bertz CT molecular complexity index is 1300. The molecule has 1 unspecified atom stereocenters. The van der Waals surface area contributed by atoms with Crippen molar-refractivity contribution >= 4 is 23.4 Å². The first-order chi connectivity index (χ1) is 17.4. The zero-order valence-electron chi connectivity index (χ0n) is 20.7. The molecule has 0 bridgehead atoms. The number of carbonyl (C=O) groups excluding carboxylic acids is 3. The molecule has 2 aliphatic rings. The molecular formula is C28H31N5O3. The molecule has 186 valence electrons. The van der Waals surface area contributed by atoms with Crippen LogP contribution in [0.4, 0.5) is 5.69 Å². The van der Waals surface area contributed by atoms with Gasteiger partial charge in [0.15, 0.2) is 5.69 Å². The molecule has 1 aromatic heterocycles. The van der Waals surface area contributed by atoms with Gasteiger partial charge in [-0.15, -0.1) is 0 Å². The zero-order chi connectivity index (χ0) is 25.2. The van der Waals surface area contributed by atoms with Gasteiger partial charge in [-0.25, -0.2) is 0 Å². The highest BCUT2D eigenvalue weighted by molar-refractivity contribution is 5.98. The molecule has 36 heavy (non-hydrogen) atoms. The fourth-order valence-corrected chi connectivity index (χ4v) is 5.21. The van der Waals surface area contributed by atoms with Gasteiger partial charge in [0.1, 0.15) is 0 Å². The second kappa shape index (κ2) is 9.97. The number of para-hydroxylation sites is 1. The number of likely N-dealkylation sites (tertiary alicyclic amines) is 1. The Labute approximate surface area is 210 Å². The summed E-state index contributed by atoms with van der Waals surface area (Å²) in [6.07, 6.45) is 2.14. The van der Waals surface area contributed by atoms with E-state index in [2.05, 4.69) is 10.4 Å². The average molecular weight is 486 g/mol. The van der Waals surface area contributed by atoms with Gasteiger partial charge in [0.2, 0.25) is 5.91 Å². The quantitative estimate of drug-likeness (QED) is 0.614. The van der Waals surface area contributed by atoms with Crippen molar-refractivity contribution < 1.29 is 14.4 Å². The lowest BCUT2D eigenvalue weighted by atomic mass is 9.96. The number of aromatic nitrogens is 2. The number of anilines is 1. The number of nitrogens with zero attached hydrogens (tertiary/aromatic N) is 4. The maximum absolute atomic E-state index is 13.6. The second-order valence-corrected chi connectivity index (χ2v) is 9.63. The molecule has 1 fully saturated rings. The van der Waals surface area contributed by atoms with Crippen LogP contribution in [0.25, 0.3) is 0 Å². The summed E-state index contributed by atoms with van der Waals surface area (Å²) in [5.41, 5.74) is 4.56. The van der Waals surface area contributed by atoms with E-state index < -0.39 is 0 Å². The molecule has 3 amide bonds. The van der Waals surface area contributed by atoms with E-state index in [1.54, 1.807) is 14.5 Å². The van der Waals surface area contributed by atoms with Gasteiger partial charge in [0, 0.05) is 55.6 Å². The van der Waals surface area contributed by atoms with Crippen LogP contribution in [0.2, 0.25) is 0 Å². The van der Waals surface area contributed by atoms with Gasteiger partial charge in [-0.05, 0) is 43.5 Å². The van der Waals surface area contributed by atoms with E-state index in [-0.39, 0.29) is 23.6 Å². The Morgan fingerprint density at radius 3 is 2.47 bits per heavy atom. The third-order valence-electron chi connectivity index (χ3n) is 7.23. The molecule has 8 heteroatoms. The van der Waals surface area contributed by atoms with E-state index in [1.807, 2.05) is 68.6 Å². The van der Waals surface area contributed by atoms with Crippen molar-refractivity contribution in [3.63, 3.8) is 0 Å². The predicted octanol–water partition coefficient (Wildman–Crippen LogP) is 3.42. The van der Waals surface area contributed by atoms with Crippen molar-refractivity contribution in [3.8, 4) is 0 Å². The van der Waals surface area contributed by atoms with Crippen LogP contribution in [-0.4, -0.2) is 56.9 Å². The van der Waals surface area contributed by atoms with Crippen LogP contribution in [0.1, 0.15) is 50.5 Å². The number of nitrogens with one attached hydrogen (secondary N) is 1. The number of fused-ring (bicyclic) bond motifs is 1. The first-order valence-electron chi connectivity index (χ1n) is 12.5. The van der Waals surface area contributed by atoms with Crippen LogP contribution < -0.4 is 5.32 Å². The largest absolute Gasteiger partial charge is 0.336 e. The molecule has 1 N–H and O–H groups in total. The number of hydrogen-bond acceptors (Lipinski definition) is 4. The molecule has 0 spiro atoms. The Balaban J connectivity index is 1.32. The topological polar surface area (TPSA) is 87.5 Å². The number of rotatable bonds is 4. The van der Waals surface area contributed by atoms with Gasteiger partial charge in [0.25, 0.3) is 11.8 Å². The molecule has 3 aromatic rings. The van der Waals surface area contributed by atoms with E-state index in [1.165, 1.54) is 0 Å². The van der Waals surface area contributed by atoms with Gasteiger partial charge in [-0.1, -0.05) is 36.4 Å². The number of aryl methyl sites for hydroxylation is 2. The molecule has 1 atom stereocenters. The average Bonchev–Trinajstić information content (AvgIpc) is 3.24. The summed E-state index contributed by atoms with van der Waals surface area (Å²) in [7, 11) is 1.85. The third-order valence-corrected chi connectivity index (χ3v) is 7.23. The SMILES string of the molecule is Cc1ccccc1C(=O)N1CCc2c(c(C(=O)N3CCCC(C(=O)Nc4ccccc4)C3)nn2C)C1. The van der Waals surface area contributed by atoms with E-state index in [0.717, 1.165) is 35.3 Å². The standard InChI is InChI=1S/C28H31N5O3/c1-19-9-6-7-13-22(19)27(35)33-16-14-24-23(18-33)25(30-31(24)2)28(36)32-15-8-10-20(17-32)26(34)29-21-11-4-3-5-12-21/h3-7,9,11-13,20H,8,10,14-18H2,1-2H3,(H,29,34). The lowest BCUT2D eigenvalue weighted by Crippen LogP contribution is -2.44. The normalized spacial score (nSPS) is 17.4. The summed E-state index contributed by atoms with van der Waals surface area (Å²) in [6, 6.07) is 16.9. The fraction of sp³-hybridized carbons (Fsp3) is 0.357. The lowest BCUT2D eigenvalue weighted by Gasteiger charge is -2.32. The Kier molecular flexibility index (Phi) is 6.59. The minimum absolute atomic E-state index is 0.0309. The number of carbonyl (C=O) groups is 3.